The van der Waals surface area contributed by atoms with Crippen LogP contribution in [-0.4, -0.2) is 50.6 Å². The average Bonchev–Trinajstić information content (AvgIpc) is 2.62. The van der Waals surface area contributed by atoms with Crippen LogP contribution in [0.25, 0.3) is 0 Å². The van der Waals surface area contributed by atoms with Gasteiger partial charge in [-0.1, -0.05) is 6.08 Å². The molecule has 1 aromatic rings. The third-order valence-corrected chi connectivity index (χ3v) is 4.10. The Balaban J connectivity index is 0.00000338. The Morgan fingerprint density at radius 3 is 3.00 bits per heavy atom. The van der Waals surface area contributed by atoms with E-state index in [1.54, 1.807) is 7.05 Å². The van der Waals surface area contributed by atoms with Gasteiger partial charge in [-0.05, 0) is 43.0 Å². The number of aliphatic imine (C=N–C) groups is 1. The highest BCUT2D eigenvalue weighted by Gasteiger charge is 2.15. The molecule has 0 aromatic heterocycles. The molecule has 0 bridgehead atoms. The lowest BCUT2D eigenvalue weighted by molar-refractivity contribution is -0.116. The van der Waals surface area contributed by atoms with Crippen LogP contribution in [0.5, 0.6) is 5.75 Å². The zero-order valence-corrected chi connectivity index (χ0v) is 17.9. The predicted molar refractivity (Wildman–Crippen MR) is 118 cm³/mol. The monoisotopic (exact) mass is 472 g/mol. The van der Waals surface area contributed by atoms with Crippen molar-refractivity contribution >= 4 is 41.5 Å². The van der Waals surface area contributed by atoms with Crippen LogP contribution in [0, 0.1) is 0 Å². The number of allylic oxidation sites excluding steroid dienone is 1. The Morgan fingerprint density at radius 2 is 2.27 bits per heavy atom. The van der Waals surface area contributed by atoms with E-state index in [0.29, 0.717) is 19.6 Å². The van der Waals surface area contributed by atoms with E-state index < -0.39 is 0 Å². The number of carbonyl (C=O) groups excluding carboxylic acids is 1. The van der Waals surface area contributed by atoms with Crippen molar-refractivity contribution in [1.29, 1.82) is 0 Å². The molecule has 0 fully saturated rings. The first-order valence-corrected chi connectivity index (χ1v) is 8.72. The molecule has 0 radical (unpaired) electrons. The number of benzene rings is 1. The number of aryl methyl sites for hydroxylation is 1. The van der Waals surface area contributed by atoms with Crippen molar-refractivity contribution in [3.8, 4) is 5.75 Å². The fourth-order valence-electron chi connectivity index (χ4n) is 2.74. The van der Waals surface area contributed by atoms with E-state index in [4.69, 9.17) is 4.74 Å². The summed E-state index contributed by atoms with van der Waals surface area (Å²) < 4.78 is 5.81. The molecule has 1 aliphatic heterocycles. The lowest BCUT2D eigenvalue weighted by atomic mass is 10.0. The molecule has 0 spiro atoms. The summed E-state index contributed by atoms with van der Waals surface area (Å²) in [4.78, 5) is 17.8. The summed E-state index contributed by atoms with van der Waals surface area (Å²) in [6, 6.07) is 5.80. The summed E-state index contributed by atoms with van der Waals surface area (Å²) in [6.45, 7) is 5.89. The molecule has 1 amide bonds. The second kappa shape index (κ2) is 11.8. The minimum Gasteiger partial charge on any atom is -0.492 e. The maximum Gasteiger partial charge on any atom is 0.224 e. The van der Waals surface area contributed by atoms with E-state index in [1.807, 2.05) is 31.3 Å². The van der Waals surface area contributed by atoms with Gasteiger partial charge in [0.2, 0.25) is 5.91 Å². The molecule has 6 nitrogen and oxygen atoms in total. The molecule has 1 aliphatic rings. The predicted octanol–water partition coefficient (Wildman–Crippen LogP) is 3.04. The van der Waals surface area contributed by atoms with Gasteiger partial charge < -0.3 is 20.3 Å². The van der Waals surface area contributed by atoms with Crippen LogP contribution in [0.15, 0.2) is 35.8 Å². The van der Waals surface area contributed by atoms with E-state index in [1.165, 1.54) is 0 Å². The van der Waals surface area contributed by atoms with E-state index in [-0.39, 0.29) is 29.9 Å². The number of rotatable bonds is 8. The van der Waals surface area contributed by atoms with E-state index in [9.17, 15) is 4.79 Å². The number of ether oxygens (including phenoxy) is 1. The van der Waals surface area contributed by atoms with Crippen molar-refractivity contribution < 1.29 is 9.53 Å². The van der Waals surface area contributed by atoms with Crippen LogP contribution < -0.4 is 15.4 Å². The van der Waals surface area contributed by atoms with Crippen LogP contribution in [0.3, 0.4) is 0 Å². The van der Waals surface area contributed by atoms with Gasteiger partial charge in [-0.2, -0.15) is 0 Å². The van der Waals surface area contributed by atoms with Crippen molar-refractivity contribution in [2.45, 2.75) is 25.7 Å². The molecule has 1 heterocycles. The fraction of sp³-hybridized carbons (Fsp3) is 0.474. The minimum absolute atomic E-state index is 0. The molecule has 0 saturated heterocycles. The zero-order valence-electron chi connectivity index (χ0n) is 15.6. The number of carbonyl (C=O) groups is 1. The molecular formula is C19H29IN4O2. The van der Waals surface area contributed by atoms with Gasteiger partial charge >= 0.3 is 0 Å². The summed E-state index contributed by atoms with van der Waals surface area (Å²) in [5.41, 5.74) is 2.02. The normalized spacial score (nSPS) is 13.2. The number of hydrogen-bond acceptors (Lipinski definition) is 3. The molecule has 0 aliphatic carbocycles. The Morgan fingerprint density at radius 1 is 1.46 bits per heavy atom. The van der Waals surface area contributed by atoms with E-state index >= 15 is 0 Å². The summed E-state index contributed by atoms with van der Waals surface area (Å²) in [5.74, 6) is 1.76. The molecule has 2 rings (SSSR count). The molecule has 1 aromatic carbocycles. The van der Waals surface area contributed by atoms with Crippen molar-refractivity contribution in [2.75, 3.05) is 39.1 Å². The van der Waals surface area contributed by atoms with Crippen LogP contribution in [0.2, 0.25) is 0 Å². The highest BCUT2D eigenvalue weighted by atomic mass is 127. The van der Waals surface area contributed by atoms with Crippen molar-refractivity contribution in [3.63, 3.8) is 0 Å². The van der Waals surface area contributed by atoms with Crippen molar-refractivity contribution in [2.24, 2.45) is 4.99 Å². The van der Waals surface area contributed by atoms with Crippen LogP contribution >= 0.6 is 24.0 Å². The van der Waals surface area contributed by atoms with Crippen molar-refractivity contribution in [3.05, 3.63) is 36.4 Å². The molecule has 0 unspecified atom stereocenters. The number of nitrogens with one attached hydrogen (secondary N) is 2. The summed E-state index contributed by atoms with van der Waals surface area (Å²) in [7, 11) is 3.81. The molecule has 7 heteroatoms. The van der Waals surface area contributed by atoms with Crippen molar-refractivity contribution in [1.82, 2.24) is 10.2 Å². The van der Waals surface area contributed by atoms with Gasteiger partial charge in [0, 0.05) is 32.7 Å². The summed E-state index contributed by atoms with van der Waals surface area (Å²) in [6.07, 6.45) is 5.29. The maximum atomic E-state index is 11.4. The summed E-state index contributed by atoms with van der Waals surface area (Å²) in [5, 5.41) is 6.18. The van der Waals surface area contributed by atoms with Gasteiger partial charge in [-0.25, -0.2) is 0 Å². The largest absolute Gasteiger partial charge is 0.492 e. The van der Waals surface area contributed by atoms with Gasteiger partial charge in [0.15, 0.2) is 5.96 Å². The van der Waals surface area contributed by atoms with Gasteiger partial charge in [0.1, 0.15) is 12.4 Å². The van der Waals surface area contributed by atoms with Crippen LogP contribution in [0.4, 0.5) is 5.69 Å². The SMILES string of the molecule is C=CCCCN(C)C(=NC)NCCOc1ccc2c(c1)CCC(=O)N2.I. The Labute approximate surface area is 173 Å². The zero-order chi connectivity index (χ0) is 18.1. The Bertz CT molecular complexity index is 634. The Kier molecular flexibility index (Phi) is 10.1. The number of guanidine groups is 1. The van der Waals surface area contributed by atoms with Crippen LogP contribution in [0.1, 0.15) is 24.8 Å². The molecule has 26 heavy (non-hydrogen) atoms. The Hall–Kier alpha value is -1.77. The van der Waals surface area contributed by atoms with Gasteiger partial charge in [-0.3, -0.25) is 9.79 Å². The van der Waals surface area contributed by atoms with E-state index in [2.05, 4.69) is 27.1 Å². The van der Waals surface area contributed by atoms with E-state index in [0.717, 1.165) is 48.8 Å². The standard InChI is InChI=1S/C19H28N4O2.HI/c1-4-5-6-12-23(3)19(20-2)21-11-13-25-16-8-9-17-15(14-16)7-10-18(24)22-17;/h4,8-9,14H,1,5-7,10-13H2,2-3H3,(H,20,21)(H,22,24);1H. The quantitative estimate of drug-likeness (QED) is 0.201. The molecule has 2 N–H and O–H groups in total. The number of fused-ring (bicyclic) bond motifs is 1. The highest BCUT2D eigenvalue weighted by Crippen LogP contribution is 2.26. The number of amides is 1. The molecule has 0 atom stereocenters. The maximum absolute atomic E-state index is 11.4. The molecule has 0 saturated carbocycles. The fourth-order valence-corrected chi connectivity index (χ4v) is 2.74. The van der Waals surface area contributed by atoms with Gasteiger partial charge in [0.05, 0.1) is 6.54 Å². The average molecular weight is 472 g/mol. The van der Waals surface area contributed by atoms with Crippen LogP contribution in [-0.2, 0) is 11.2 Å². The highest BCUT2D eigenvalue weighted by molar-refractivity contribution is 14.0. The smallest absolute Gasteiger partial charge is 0.224 e. The number of unbranched alkanes of at least 4 members (excludes halogenated alkanes) is 1. The minimum atomic E-state index is 0. The topological polar surface area (TPSA) is 66.0 Å². The number of anilines is 1. The number of hydrogen-bond donors (Lipinski definition) is 2. The lowest BCUT2D eigenvalue weighted by Crippen LogP contribution is -2.41. The van der Waals surface area contributed by atoms with Gasteiger partial charge in [0.25, 0.3) is 0 Å². The first-order chi connectivity index (χ1) is 12.1. The van der Waals surface area contributed by atoms with Gasteiger partial charge in [-0.15, -0.1) is 30.6 Å². The summed E-state index contributed by atoms with van der Waals surface area (Å²) >= 11 is 0. The second-order valence-electron chi connectivity index (χ2n) is 6.04. The third kappa shape index (κ3) is 6.86. The number of halogens is 1. The number of nitrogens with zero attached hydrogens (tertiary/aromatic N) is 2. The third-order valence-electron chi connectivity index (χ3n) is 4.10. The first kappa shape index (κ1) is 22.3. The first-order valence-electron chi connectivity index (χ1n) is 8.72. The molecule has 144 valence electrons. The second-order valence-corrected chi connectivity index (χ2v) is 6.04. The molecular weight excluding hydrogens is 443 g/mol. The lowest BCUT2D eigenvalue weighted by Gasteiger charge is -2.22.